The van der Waals surface area contributed by atoms with E-state index in [0.29, 0.717) is 12.1 Å². The average Bonchev–Trinajstić information content (AvgIpc) is 3.29. The minimum absolute atomic E-state index is 0.149. The minimum atomic E-state index is -0.319. The molecule has 2 aliphatic rings. The molecule has 0 amide bonds. The molecule has 0 N–H and O–H groups in total. The Bertz CT molecular complexity index is 1530. The van der Waals surface area contributed by atoms with Crippen LogP contribution in [0.15, 0.2) is 66.7 Å². The highest BCUT2D eigenvalue weighted by Crippen LogP contribution is 2.49. The van der Waals surface area contributed by atoms with Crippen molar-refractivity contribution in [2.75, 3.05) is 7.11 Å². The van der Waals surface area contributed by atoms with Crippen molar-refractivity contribution in [3.8, 4) is 22.5 Å². The van der Waals surface area contributed by atoms with Gasteiger partial charge in [0.1, 0.15) is 0 Å². The zero-order chi connectivity index (χ0) is 26.7. The quantitative estimate of drug-likeness (QED) is 0.270. The highest BCUT2D eigenvalue weighted by atomic mass is 16.5. The predicted molar refractivity (Wildman–Crippen MR) is 153 cm³/mol. The smallest absolute Gasteiger partial charge is 0.337 e. The molecule has 0 spiro atoms. The Kier molecular flexibility index (Phi) is 5.82. The Labute approximate surface area is 225 Å². The monoisotopic (exact) mass is 504 g/mol. The first kappa shape index (κ1) is 24.7. The molecule has 0 bridgehead atoms. The zero-order valence-corrected chi connectivity index (χ0v) is 23.1. The molecule has 0 radical (unpaired) electrons. The molecule has 6 rings (SSSR count). The second-order valence-corrected chi connectivity index (χ2v) is 12.2. The van der Waals surface area contributed by atoms with Crippen molar-refractivity contribution in [3.63, 3.8) is 0 Å². The van der Waals surface area contributed by atoms with Gasteiger partial charge in [0.05, 0.1) is 30.6 Å². The number of methoxy groups -OCH3 is 1. The molecule has 1 aromatic heterocycles. The molecule has 4 aromatic rings. The maximum Gasteiger partial charge on any atom is 0.337 e. The van der Waals surface area contributed by atoms with Gasteiger partial charge in [-0.3, -0.25) is 4.68 Å². The maximum absolute atomic E-state index is 12.1. The average molecular weight is 505 g/mol. The fourth-order valence-electron chi connectivity index (χ4n) is 6.37. The van der Waals surface area contributed by atoms with Crippen LogP contribution in [0, 0.1) is 0 Å². The number of fused-ring (bicyclic) bond motifs is 4. The number of benzene rings is 3. The van der Waals surface area contributed by atoms with E-state index in [4.69, 9.17) is 9.84 Å². The van der Waals surface area contributed by atoms with Gasteiger partial charge >= 0.3 is 5.97 Å². The molecule has 0 unspecified atom stereocenters. The zero-order valence-electron chi connectivity index (χ0n) is 23.1. The fraction of sp³-hybridized carbons (Fsp3) is 0.353. The number of nitrogens with zero attached hydrogens (tertiary/aromatic N) is 2. The topological polar surface area (TPSA) is 44.1 Å². The lowest BCUT2D eigenvalue weighted by Crippen LogP contribution is -2.34. The van der Waals surface area contributed by atoms with Crippen LogP contribution < -0.4 is 0 Å². The SMILES string of the molecule is COC(=O)c1ccc(-c2c3c(nn2Cc2ccccc2)-c2cc4c(cc2CC3)C(C)(C)CCC4(C)C)cc1. The summed E-state index contributed by atoms with van der Waals surface area (Å²) in [7, 11) is 1.42. The molecule has 0 atom stereocenters. The number of carbonyl (C=O) groups excluding carboxylic acids is 1. The van der Waals surface area contributed by atoms with Gasteiger partial charge < -0.3 is 4.74 Å². The van der Waals surface area contributed by atoms with Gasteiger partial charge in [0.2, 0.25) is 0 Å². The van der Waals surface area contributed by atoms with Crippen LogP contribution in [0.2, 0.25) is 0 Å². The highest BCUT2D eigenvalue weighted by Gasteiger charge is 2.39. The summed E-state index contributed by atoms with van der Waals surface area (Å²) in [4.78, 5) is 12.1. The Morgan fingerprint density at radius 3 is 2.21 bits per heavy atom. The third-order valence-electron chi connectivity index (χ3n) is 8.78. The second kappa shape index (κ2) is 8.97. The molecule has 4 nitrogen and oxygen atoms in total. The third-order valence-corrected chi connectivity index (χ3v) is 8.78. The molecule has 4 heteroatoms. The van der Waals surface area contributed by atoms with Crippen molar-refractivity contribution in [2.45, 2.75) is 70.8 Å². The number of rotatable bonds is 4. The molecular weight excluding hydrogens is 468 g/mol. The Morgan fingerprint density at radius 1 is 0.895 bits per heavy atom. The number of ether oxygens (including phenoxy) is 1. The third kappa shape index (κ3) is 4.07. The van der Waals surface area contributed by atoms with E-state index in [1.54, 1.807) is 0 Å². The Hall–Kier alpha value is -3.66. The summed E-state index contributed by atoms with van der Waals surface area (Å²) in [5.41, 5.74) is 12.4. The predicted octanol–water partition coefficient (Wildman–Crippen LogP) is 7.50. The van der Waals surface area contributed by atoms with Gasteiger partial charge in [-0.05, 0) is 77.0 Å². The molecule has 2 aliphatic carbocycles. The van der Waals surface area contributed by atoms with Crippen LogP contribution in [0.1, 0.15) is 78.7 Å². The van der Waals surface area contributed by atoms with Gasteiger partial charge in [0, 0.05) is 16.7 Å². The maximum atomic E-state index is 12.1. The van der Waals surface area contributed by atoms with E-state index < -0.39 is 0 Å². The fourth-order valence-corrected chi connectivity index (χ4v) is 6.37. The van der Waals surface area contributed by atoms with Crippen molar-refractivity contribution in [3.05, 3.63) is 100 Å². The molecule has 0 saturated heterocycles. The van der Waals surface area contributed by atoms with Crippen LogP contribution in [-0.4, -0.2) is 22.9 Å². The second-order valence-electron chi connectivity index (χ2n) is 12.2. The van der Waals surface area contributed by atoms with E-state index >= 15 is 0 Å². The number of aromatic nitrogens is 2. The van der Waals surface area contributed by atoms with E-state index in [1.807, 2.05) is 30.3 Å². The summed E-state index contributed by atoms with van der Waals surface area (Å²) in [6.07, 6.45) is 4.37. The summed E-state index contributed by atoms with van der Waals surface area (Å²) in [6.45, 7) is 10.3. The molecule has 0 fully saturated rings. The van der Waals surface area contributed by atoms with Gasteiger partial charge in [-0.1, -0.05) is 76.2 Å². The van der Waals surface area contributed by atoms with Crippen LogP contribution >= 0.6 is 0 Å². The van der Waals surface area contributed by atoms with E-state index in [1.165, 1.54) is 53.3 Å². The van der Waals surface area contributed by atoms with Gasteiger partial charge in [0.15, 0.2) is 0 Å². The van der Waals surface area contributed by atoms with Crippen LogP contribution in [0.4, 0.5) is 0 Å². The number of hydrogen-bond donors (Lipinski definition) is 0. The summed E-state index contributed by atoms with van der Waals surface area (Å²) in [6, 6.07) is 23.2. The van der Waals surface area contributed by atoms with E-state index in [2.05, 4.69) is 68.8 Å². The lowest BCUT2D eigenvalue weighted by molar-refractivity contribution is 0.0600. The largest absolute Gasteiger partial charge is 0.465 e. The summed E-state index contributed by atoms with van der Waals surface area (Å²) < 4.78 is 7.08. The Morgan fingerprint density at radius 2 is 1.55 bits per heavy atom. The van der Waals surface area contributed by atoms with Gasteiger partial charge in [-0.15, -0.1) is 0 Å². The van der Waals surface area contributed by atoms with Crippen LogP contribution in [0.5, 0.6) is 0 Å². The normalized spacial score (nSPS) is 16.8. The van der Waals surface area contributed by atoms with Crippen molar-refractivity contribution >= 4 is 5.97 Å². The first-order valence-corrected chi connectivity index (χ1v) is 13.7. The molecular formula is C34H36N2O2. The van der Waals surface area contributed by atoms with Crippen LogP contribution in [-0.2, 0) is 35.0 Å². The number of esters is 1. The summed E-state index contributed by atoms with van der Waals surface area (Å²) in [5, 5.41) is 5.30. The number of aryl methyl sites for hydroxylation is 1. The molecule has 38 heavy (non-hydrogen) atoms. The Balaban J connectivity index is 1.53. The number of carbonyl (C=O) groups is 1. The van der Waals surface area contributed by atoms with Crippen molar-refractivity contribution in [1.82, 2.24) is 9.78 Å². The molecule has 1 heterocycles. The molecule has 0 aliphatic heterocycles. The molecule has 194 valence electrons. The lowest BCUT2D eigenvalue weighted by Gasteiger charge is -2.42. The van der Waals surface area contributed by atoms with Crippen LogP contribution in [0.25, 0.3) is 22.5 Å². The molecule has 3 aromatic carbocycles. The van der Waals surface area contributed by atoms with E-state index in [-0.39, 0.29) is 16.8 Å². The van der Waals surface area contributed by atoms with Gasteiger partial charge in [-0.2, -0.15) is 5.10 Å². The lowest BCUT2D eigenvalue weighted by atomic mass is 9.62. The van der Waals surface area contributed by atoms with Gasteiger partial charge in [0.25, 0.3) is 0 Å². The van der Waals surface area contributed by atoms with Crippen molar-refractivity contribution < 1.29 is 9.53 Å². The van der Waals surface area contributed by atoms with Crippen LogP contribution in [0.3, 0.4) is 0 Å². The number of hydrogen-bond acceptors (Lipinski definition) is 3. The minimum Gasteiger partial charge on any atom is -0.465 e. The van der Waals surface area contributed by atoms with Crippen molar-refractivity contribution in [1.29, 1.82) is 0 Å². The van der Waals surface area contributed by atoms with Gasteiger partial charge in [-0.25, -0.2) is 4.79 Å². The summed E-state index contributed by atoms with van der Waals surface area (Å²) >= 11 is 0. The molecule has 0 saturated carbocycles. The standard InChI is InChI=1S/C34H36N2O2/c1-33(2)17-18-34(3,4)29-20-27-25(19-28(29)33)15-16-26-30(27)35-36(21-22-9-7-6-8-10-22)31(26)23-11-13-24(14-12-23)32(37)38-5/h6-14,19-20H,15-18,21H2,1-5H3. The first-order valence-electron chi connectivity index (χ1n) is 13.7. The van der Waals surface area contributed by atoms with Crippen molar-refractivity contribution in [2.24, 2.45) is 0 Å². The van der Waals surface area contributed by atoms with E-state index in [0.717, 1.165) is 29.8 Å². The van der Waals surface area contributed by atoms with E-state index in [9.17, 15) is 4.79 Å². The summed E-state index contributed by atoms with van der Waals surface area (Å²) in [5.74, 6) is -0.319. The highest BCUT2D eigenvalue weighted by molar-refractivity contribution is 5.90. The first-order chi connectivity index (χ1) is 18.2.